The third-order valence-electron chi connectivity index (χ3n) is 6.19. The van der Waals surface area contributed by atoms with Gasteiger partial charge >= 0.3 is 0 Å². The van der Waals surface area contributed by atoms with Crippen molar-refractivity contribution in [3.05, 3.63) is 88.0 Å². The summed E-state index contributed by atoms with van der Waals surface area (Å²) in [6, 6.07) is 4.06. The molecule has 4 rings (SSSR count). The van der Waals surface area contributed by atoms with Crippen LogP contribution in [0.3, 0.4) is 0 Å². The van der Waals surface area contributed by atoms with E-state index in [0.717, 1.165) is 55.2 Å². The molecule has 7 heteroatoms. The smallest absolute Gasteiger partial charge is 0.153 e. The molecule has 1 aliphatic carbocycles. The first-order valence-corrected chi connectivity index (χ1v) is 12.9. The molecule has 1 atom stereocenters. The fourth-order valence-corrected chi connectivity index (χ4v) is 5.18. The summed E-state index contributed by atoms with van der Waals surface area (Å²) in [6.07, 6.45) is 16.5. The normalized spacial score (nSPS) is 17.4. The second-order valence-electron chi connectivity index (χ2n) is 8.68. The van der Waals surface area contributed by atoms with Crippen molar-refractivity contribution in [2.75, 3.05) is 26.0 Å². The largest absolute Gasteiger partial charge is 0.493 e. The standard InChI is InChI=1S/C27H31N5OS/c1-5-9-31(10-8-22-6-7-23-12-24(27(22)34-4)18-33-20(23)3)16-21-14-30-32(17-21)26-11-19(2)25(13-28)15-29-26/h6-7,11-12,14-15,17,23H,3,5,8-10,16,18H2,1-2,4H3. The molecule has 0 amide bonds. The van der Waals surface area contributed by atoms with E-state index in [1.165, 1.54) is 16.1 Å². The number of pyridine rings is 1. The highest BCUT2D eigenvalue weighted by atomic mass is 32.2. The fraction of sp³-hybridized carbons (Fsp3) is 0.370. The Morgan fingerprint density at radius 2 is 2.21 bits per heavy atom. The maximum absolute atomic E-state index is 9.14. The van der Waals surface area contributed by atoms with Crippen molar-refractivity contribution >= 4 is 11.8 Å². The molecule has 0 aromatic carbocycles. The Balaban J connectivity index is 1.46. The maximum Gasteiger partial charge on any atom is 0.153 e. The predicted molar refractivity (Wildman–Crippen MR) is 137 cm³/mol. The van der Waals surface area contributed by atoms with Gasteiger partial charge in [-0.2, -0.15) is 10.4 Å². The van der Waals surface area contributed by atoms with Gasteiger partial charge in [0.15, 0.2) is 5.82 Å². The molecule has 1 aliphatic heterocycles. The molecule has 2 aromatic heterocycles. The molecule has 0 saturated carbocycles. The van der Waals surface area contributed by atoms with Crippen LogP contribution in [0, 0.1) is 24.2 Å². The lowest BCUT2D eigenvalue weighted by atomic mass is 10.0. The zero-order chi connectivity index (χ0) is 24.1. The second-order valence-corrected chi connectivity index (χ2v) is 9.50. The second kappa shape index (κ2) is 10.9. The van der Waals surface area contributed by atoms with Crippen LogP contribution < -0.4 is 0 Å². The first-order chi connectivity index (χ1) is 16.5. The molecule has 0 saturated heterocycles. The molecule has 2 bridgehead atoms. The number of nitriles is 1. The number of thioether (sulfide) groups is 1. The lowest BCUT2D eigenvalue weighted by Gasteiger charge is -2.23. The van der Waals surface area contributed by atoms with Crippen LogP contribution in [-0.4, -0.2) is 45.6 Å². The molecule has 0 radical (unpaired) electrons. The Morgan fingerprint density at radius 3 is 2.94 bits per heavy atom. The average molecular weight is 474 g/mol. The van der Waals surface area contributed by atoms with Gasteiger partial charge in [-0.05, 0) is 49.8 Å². The van der Waals surface area contributed by atoms with Crippen LogP contribution in [0.15, 0.2) is 71.3 Å². The molecular formula is C27H31N5OS. The summed E-state index contributed by atoms with van der Waals surface area (Å²) >= 11 is 1.80. The first kappa shape index (κ1) is 24.1. The third kappa shape index (κ3) is 5.35. The summed E-state index contributed by atoms with van der Waals surface area (Å²) in [4.78, 5) is 8.21. The number of hydrogen-bond acceptors (Lipinski definition) is 6. The zero-order valence-electron chi connectivity index (χ0n) is 20.1. The van der Waals surface area contributed by atoms with Crippen LogP contribution in [0.2, 0.25) is 0 Å². The van der Waals surface area contributed by atoms with Gasteiger partial charge < -0.3 is 4.74 Å². The molecule has 3 heterocycles. The molecule has 0 fully saturated rings. The molecule has 0 spiro atoms. The monoisotopic (exact) mass is 473 g/mol. The van der Waals surface area contributed by atoms with E-state index in [0.29, 0.717) is 12.2 Å². The van der Waals surface area contributed by atoms with Gasteiger partial charge in [-0.1, -0.05) is 31.7 Å². The van der Waals surface area contributed by atoms with Gasteiger partial charge in [-0.3, -0.25) is 4.90 Å². The summed E-state index contributed by atoms with van der Waals surface area (Å²) in [5.41, 5.74) is 5.29. The Kier molecular flexibility index (Phi) is 7.71. The van der Waals surface area contributed by atoms with E-state index in [4.69, 9.17) is 10.00 Å². The van der Waals surface area contributed by atoms with Gasteiger partial charge in [0, 0.05) is 41.5 Å². The van der Waals surface area contributed by atoms with Crippen LogP contribution in [0.4, 0.5) is 0 Å². The van der Waals surface area contributed by atoms with Crippen molar-refractivity contribution < 1.29 is 4.74 Å². The Bertz CT molecular complexity index is 1200. The number of aryl methyl sites for hydroxylation is 1. The molecule has 1 unspecified atom stereocenters. The van der Waals surface area contributed by atoms with Crippen LogP contribution >= 0.6 is 11.8 Å². The molecule has 176 valence electrons. The Morgan fingerprint density at radius 1 is 1.35 bits per heavy atom. The van der Waals surface area contributed by atoms with Crippen LogP contribution in [0.1, 0.15) is 36.5 Å². The molecule has 6 nitrogen and oxygen atoms in total. The minimum Gasteiger partial charge on any atom is -0.493 e. The SMILES string of the molecule is C=C1OCC2=CC1C=CC(CCN(CCC)Cc1cnn(-c3cc(C)c(C#N)cn3)c1)=C2SC. The lowest BCUT2D eigenvalue weighted by Crippen LogP contribution is -2.25. The van der Waals surface area contributed by atoms with Crippen molar-refractivity contribution in [2.24, 2.45) is 5.92 Å². The number of hydrogen-bond donors (Lipinski definition) is 0. The van der Waals surface area contributed by atoms with E-state index in [9.17, 15) is 0 Å². The van der Waals surface area contributed by atoms with Crippen molar-refractivity contribution in [3.8, 4) is 11.9 Å². The molecule has 34 heavy (non-hydrogen) atoms. The summed E-state index contributed by atoms with van der Waals surface area (Å²) in [5.74, 6) is 1.73. The summed E-state index contributed by atoms with van der Waals surface area (Å²) in [7, 11) is 0. The fourth-order valence-electron chi connectivity index (χ4n) is 4.36. The van der Waals surface area contributed by atoms with E-state index in [-0.39, 0.29) is 5.92 Å². The quantitative estimate of drug-likeness (QED) is 0.491. The lowest BCUT2D eigenvalue weighted by molar-refractivity contribution is 0.213. The van der Waals surface area contributed by atoms with Gasteiger partial charge in [0.05, 0.1) is 23.4 Å². The topological polar surface area (TPSA) is 67.0 Å². The van der Waals surface area contributed by atoms with Gasteiger partial charge in [0.1, 0.15) is 12.7 Å². The van der Waals surface area contributed by atoms with Gasteiger partial charge in [0.25, 0.3) is 0 Å². The number of ether oxygens (including phenoxy) is 1. The van der Waals surface area contributed by atoms with E-state index in [1.807, 2.05) is 25.4 Å². The number of fused-ring (bicyclic) bond motifs is 1. The van der Waals surface area contributed by atoms with E-state index in [2.05, 4.69) is 59.0 Å². The number of nitrogens with zero attached hydrogens (tertiary/aromatic N) is 5. The highest BCUT2D eigenvalue weighted by Gasteiger charge is 2.23. The average Bonchev–Trinajstić information content (AvgIpc) is 3.24. The first-order valence-electron chi connectivity index (χ1n) is 11.6. The number of rotatable bonds is 9. The van der Waals surface area contributed by atoms with Crippen molar-refractivity contribution in [1.82, 2.24) is 19.7 Å². The summed E-state index contributed by atoms with van der Waals surface area (Å²) < 4.78 is 7.59. The van der Waals surface area contributed by atoms with Gasteiger partial charge in [-0.15, -0.1) is 11.8 Å². The highest BCUT2D eigenvalue weighted by Crippen LogP contribution is 2.37. The molecule has 0 N–H and O–H groups in total. The van der Waals surface area contributed by atoms with Gasteiger partial charge in [0.2, 0.25) is 0 Å². The van der Waals surface area contributed by atoms with Crippen molar-refractivity contribution in [2.45, 2.75) is 33.2 Å². The Labute approximate surface area is 206 Å². The number of aromatic nitrogens is 3. The molecule has 2 aliphatic rings. The summed E-state index contributed by atoms with van der Waals surface area (Å²) in [5, 5.41) is 13.7. The van der Waals surface area contributed by atoms with E-state index >= 15 is 0 Å². The minimum atomic E-state index is 0.167. The van der Waals surface area contributed by atoms with Crippen molar-refractivity contribution in [3.63, 3.8) is 0 Å². The molecular weight excluding hydrogens is 442 g/mol. The number of allylic oxidation sites excluding steroid dienone is 2. The molecule has 2 aromatic rings. The summed E-state index contributed by atoms with van der Waals surface area (Å²) in [6.45, 7) is 11.6. The van der Waals surface area contributed by atoms with Crippen LogP contribution in [-0.2, 0) is 11.3 Å². The van der Waals surface area contributed by atoms with E-state index in [1.54, 1.807) is 22.6 Å². The van der Waals surface area contributed by atoms with Crippen molar-refractivity contribution in [1.29, 1.82) is 5.26 Å². The zero-order valence-corrected chi connectivity index (χ0v) is 20.9. The van der Waals surface area contributed by atoms with Crippen LogP contribution in [0.5, 0.6) is 0 Å². The third-order valence-corrected chi connectivity index (χ3v) is 7.12. The predicted octanol–water partition coefficient (Wildman–Crippen LogP) is 5.32. The van der Waals surface area contributed by atoms with Crippen LogP contribution in [0.25, 0.3) is 5.82 Å². The highest BCUT2D eigenvalue weighted by molar-refractivity contribution is 8.02. The van der Waals surface area contributed by atoms with Gasteiger partial charge in [-0.25, -0.2) is 9.67 Å². The minimum absolute atomic E-state index is 0.167. The Hall–Kier alpha value is -3.08. The van der Waals surface area contributed by atoms with E-state index < -0.39 is 0 Å². The maximum atomic E-state index is 9.14.